The molecule has 0 saturated heterocycles. The van der Waals surface area contributed by atoms with Crippen LogP contribution in [0.3, 0.4) is 0 Å². The monoisotopic (exact) mass is 325 g/mol. The molecule has 0 atom stereocenters. The molecule has 0 unspecified atom stereocenters. The van der Waals surface area contributed by atoms with E-state index in [2.05, 4.69) is 17.4 Å². The number of carbonyl (C=O) groups is 1. The van der Waals surface area contributed by atoms with E-state index in [0.29, 0.717) is 18.8 Å². The number of benzene rings is 2. The van der Waals surface area contributed by atoms with Crippen molar-refractivity contribution in [3.8, 4) is 5.75 Å². The van der Waals surface area contributed by atoms with Gasteiger partial charge in [-0.1, -0.05) is 36.4 Å². The maximum absolute atomic E-state index is 11.9. The van der Waals surface area contributed by atoms with Crippen LogP contribution in [-0.4, -0.2) is 19.6 Å². The molecule has 4 heteroatoms. The molecule has 4 nitrogen and oxygen atoms in total. The zero-order chi connectivity index (χ0) is 17.0. The second-order valence-electron chi connectivity index (χ2n) is 5.28. The highest BCUT2D eigenvalue weighted by Crippen LogP contribution is 2.11. The molecular formula is C20H23NO3. The van der Waals surface area contributed by atoms with Crippen LogP contribution >= 0.6 is 0 Å². The molecule has 0 radical (unpaired) electrons. The van der Waals surface area contributed by atoms with E-state index < -0.39 is 0 Å². The van der Waals surface area contributed by atoms with Gasteiger partial charge in [-0.15, -0.1) is 0 Å². The molecule has 0 spiro atoms. The van der Waals surface area contributed by atoms with Gasteiger partial charge in [-0.25, -0.2) is 0 Å². The number of carbonyl (C=O) groups excluding carboxylic acids is 1. The highest BCUT2D eigenvalue weighted by molar-refractivity contribution is 5.94. The zero-order valence-corrected chi connectivity index (χ0v) is 13.9. The lowest BCUT2D eigenvalue weighted by Crippen LogP contribution is -2.16. The van der Waals surface area contributed by atoms with Crippen LogP contribution in [0.1, 0.15) is 28.8 Å². The summed E-state index contributed by atoms with van der Waals surface area (Å²) in [5, 5.41) is 2.75. The molecule has 1 amide bonds. The molecule has 126 valence electrons. The highest BCUT2D eigenvalue weighted by atomic mass is 16.5. The first-order valence-electron chi connectivity index (χ1n) is 8.01. The number of ether oxygens (including phenoxy) is 2. The van der Waals surface area contributed by atoms with Crippen molar-refractivity contribution >= 4 is 5.91 Å². The van der Waals surface area contributed by atoms with Gasteiger partial charge in [0.15, 0.2) is 0 Å². The predicted octanol–water partition coefficient (Wildman–Crippen LogP) is 3.94. The van der Waals surface area contributed by atoms with Crippen molar-refractivity contribution in [2.24, 2.45) is 0 Å². The molecule has 0 aliphatic rings. The van der Waals surface area contributed by atoms with Gasteiger partial charge in [0.25, 0.3) is 5.91 Å². The summed E-state index contributed by atoms with van der Waals surface area (Å²) in [6.07, 6.45) is 5.40. The number of hydrogen-bond donors (Lipinski definition) is 1. The van der Waals surface area contributed by atoms with Crippen molar-refractivity contribution in [1.29, 1.82) is 0 Å². The molecule has 0 aliphatic carbocycles. The van der Waals surface area contributed by atoms with E-state index in [4.69, 9.17) is 9.47 Å². The van der Waals surface area contributed by atoms with Gasteiger partial charge >= 0.3 is 0 Å². The summed E-state index contributed by atoms with van der Waals surface area (Å²) in [4.78, 5) is 11.9. The predicted molar refractivity (Wildman–Crippen MR) is 94.9 cm³/mol. The van der Waals surface area contributed by atoms with Crippen molar-refractivity contribution in [2.75, 3.05) is 13.7 Å². The van der Waals surface area contributed by atoms with Crippen molar-refractivity contribution in [1.82, 2.24) is 5.32 Å². The van der Waals surface area contributed by atoms with E-state index in [-0.39, 0.29) is 5.91 Å². The summed E-state index contributed by atoms with van der Waals surface area (Å²) in [7, 11) is 1.60. The molecular weight excluding hydrogens is 302 g/mol. The second kappa shape index (κ2) is 10.2. The fourth-order valence-electron chi connectivity index (χ4n) is 2.11. The summed E-state index contributed by atoms with van der Waals surface area (Å²) in [5.74, 6) is 0.604. The normalized spacial score (nSPS) is 10.7. The Balaban J connectivity index is 1.57. The Morgan fingerprint density at radius 1 is 1.08 bits per heavy atom. The molecule has 2 aromatic carbocycles. The van der Waals surface area contributed by atoms with Crippen LogP contribution in [0, 0.1) is 0 Å². The molecule has 0 saturated carbocycles. The molecule has 0 aromatic heterocycles. The van der Waals surface area contributed by atoms with Gasteiger partial charge in [-0.2, -0.15) is 0 Å². The van der Waals surface area contributed by atoms with Crippen LogP contribution in [0.5, 0.6) is 5.75 Å². The first-order valence-corrected chi connectivity index (χ1v) is 8.01. The average Bonchev–Trinajstić information content (AvgIpc) is 2.64. The fourth-order valence-corrected chi connectivity index (χ4v) is 2.11. The summed E-state index contributed by atoms with van der Waals surface area (Å²) in [6, 6.07) is 17.1. The number of nitrogens with one attached hydrogen (secondary N) is 1. The Hall–Kier alpha value is -2.59. The van der Waals surface area contributed by atoms with Gasteiger partial charge in [0, 0.05) is 18.4 Å². The standard InChI is InChI=1S/C20H23NO3/c1-23-19-12-10-18(11-13-19)20(22)21-14-6-3-7-15-24-16-17-8-4-2-5-9-17/h2,4-6,8-14H,3,7,15-16H2,1H3,(H,21,22)/b14-6+. The number of hydrogen-bond acceptors (Lipinski definition) is 3. The number of unbranched alkanes of at least 4 members (excludes halogenated alkanes) is 1. The van der Waals surface area contributed by atoms with Crippen molar-refractivity contribution in [2.45, 2.75) is 19.4 Å². The minimum absolute atomic E-state index is 0.130. The van der Waals surface area contributed by atoms with Gasteiger partial charge in [0.05, 0.1) is 13.7 Å². The first-order chi connectivity index (χ1) is 11.8. The molecule has 0 heterocycles. The topological polar surface area (TPSA) is 47.6 Å². The van der Waals surface area contributed by atoms with E-state index in [1.54, 1.807) is 37.6 Å². The largest absolute Gasteiger partial charge is 0.497 e. The summed E-state index contributed by atoms with van der Waals surface area (Å²) < 4.78 is 10.7. The SMILES string of the molecule is COc1ccc(C(=O)N/C=C/CCCOCc2ccccc2)cc1. The first kappa shape index (κ1) is 17.8. The Kier molecular flexibility index (Phi) is 7.57. The van der Waals surface area contributed by atoms with Gasteiger partial charge in [0.1, 0.15) is 5.75 Å². The maximum Gasteiger partial charge on any atom is 0.255 e. The van der Waals surface area contributed by atoms with E-state index in [0.717, 1.165) is 18.6 Å². The quantitative estimate of drug-likeness (QED) is 0.711. The third-order valence-corrected chi connectivity index (χ3v) is 3.46. The van der Waals surface area contributed by atoms with Gasteiger partial charge in [-0.05, 0) is 42.7 Å². The minimum Gasteiger partial charge on any atom is -0.497 e. The highest BCUT2D eigenvalue weighted by Gasteiger charge is 2.02. The molecule has 0 fully saturated rings. The van der Waals surface area contributed by atoms with E-state index >= 15 is 0 Å². The number of methoxy groups -OCH3 is 1. The zero-order valence-electron chi connectivity index (χ0n) is 13.9. The third-order valence-electron chi connectivity index (χ3n) is 3.46. The van der Waals surface area contributed by atoms with Crippen LogP contribution in [-0.2, 0) is 11.3 Å². The molecule has 2 rings (SSSR count). The minimum atomic E-state index is -0.130. The van der Waals surface area contributed by atoms with Crippen LogP contribution in [0.15, 0.2) is 66.9 Å². The Morgan fingerprint density at radius 2 is 1.83 bits per heavy atom. The van der Waals surface area contributed by atoms with Gasteiger partial charge < -0.3 is 14.8 Å². The van der Waals surface area contributed by atoms with Crippen molar-refractivity contribution in [3.05, 3.63) is 78.0 Å². The Morgan fingerprint density at radius 3 is 2.54 bits per heavy atom. The second-order valence-corrected chi connectivity index (χ2v) is 5.28. The van der Waals surface area contributed by atoms with Crippen LogP contribution in [0.25, 0.3) is 0 Å². The molecule has 0 bridgehead atoms. The molecule has 24 heavy (non-hydrogen) atoms. The summed E-state index contributed by atoms with van der Waals surface area (Å²) in [6.45, 7) is 1.34. The lowest BCUT2D eigenvalue weighted by atomic mass is 10.2. The molecule has 2 aromatic rings. The summed E-state index contributed by atoms with van der Waals surface area (Å²) in [5.41, 5.74) is 1.78. The number of allylic oxidation sites excluding steroid dienone is 1. The van der Waals surface area contributed by atoms with E-state index in [9.17, 15) is 4.79 Å². The van der Waals surface area contributed by atoms with E-state index in [1.807, 2.05) is 24.3 Å². The lowest BCUT2D eigenvalue weighted by Gasteiger charge is -2.03. The maximum atomic E-state index is 11.9. The summed E-state index contributed by atoms with van der Waals surface area (Å²) >= 11 is 0. The van der Waals surface area contributed by atoms with Crippen molar-refractivity contribution < 1.29 is 14.3 Å². The van der Waals surface area contributed by atoms with E-state index in [1.165, 1.54) is 5.56 Å². The van der Waals surface area contributed by atoms with Crippen molar-refractivity contribution in [3.63, 3.8) is 0 Å². The molecule has 0 aliphatic heterocycles. The van der Waals surface area contributed by atoms with Gasteiger partial charge in [0.2, 0.25) is 0 Å². The average molecular weight is 325 g/mol. The van der Waals surface area contributed by atoms with Gasteiger partial charge in [-0.3, -0.25) is 4.79 Å². The van der Waals surface area contributed by atoms with Crippen LogP contribution in [0.4, 0.5) is 0 Å². The third kappa shape index (κ3) is 6.26. The Labute approximate surface area is 143 Å². The van der Waals surface area contributed by atoms with Crippen LogP contribution in [0.2, 0.25) is 0 Å². The smallest absolute Gasteiger partial charge is 0.255 e. The fraction of sp³-hybridized carbons (Fsp3) is 0.250. The lowest BCUT2D eigenvalue weighted by molar-refractivity contribution is 0.0970. The number of rotatable bonds is 9. The Bertz CT molecular complexity index is 636. The van der Waals surface area contributed by atoms with Crippen LogP contribution < -0.4 is 10.1 Å². The number of amides is 1. The molecule has 1 N–H and O–H groups in total.